The number of hydrogen-bond donors (Lipinski definition) is 1. The molecule has 0 aromatic heterocycles. The Morgan fingerprint density at radius 3 is 2.33 bits per heavy atom. The topological polar surface area (TPSA) is 47.6 Å². The van der Waals surface area contributed by atoms with Crippen molar-refractivity contribution >= 4 is 40.4 Å². The van der Waals surface area contributed by atoms with Gasteiger partial charge in [-0.2, -0.15) is 0 Å². The van der Waals surface area contributed by atoms with Crippen LogP contribution in [0.5, 0.6) is 11.5 Å². The van der Waals surface area contributed by atoms with E-state index >= 15 is 0 Å². The minimum absolute atomic E-state index is 0.333. The van der Waals surface area contributed by atoms with E-state index in [9.17, 15) is 4.79 Å². The molecule has 0 radical (unpaired) electrons. The summed E-state index contributed by atoms with van der Waals surface area (Å²) in [7, 11) is 3.15. The number of nitrogens with one attached hydrogen (secondary N) is 1. The van der Waals surface area contributed by atoms with Crippen molar-refractivity contribution in [3.8, 4) is 11.5 Å². The summed E-state index contributed by atoms with van der Waals surface area (Å²) in [6, 6.07) is 10.4. The lowest BCUT2D eigenvalue weighted by molar-refractivity contribution is -0.111. The summed E-state index contributed by atoms with van der Waals surface area (Å²) in [5.41, 5.74) is 1.91. The van der Waals surface area contributed by atoms with E-state index in [-0.39, 0.29) is 5.91 Å². The van der Waals surface area contributed by atoms with Gasteiger partial charge in [-0.15, -0.1) is 0 Å². The molecule has 0 spiro atoms. The van der Waals surface area contributed by atoms with Crippen LogP contribution >= 0.6 is 23.2 Å². The van der Waals surface area contributed by atoms with Crippen molar-refractivity contribution in [1.82, 2.24) is 0 Å². The number of rotatable bonds is 5. The number of carbonyl (C=O) groups excluding carboxylic acids is 1. The Morgan fingerprint density at radius 1 is 1.08 bits per heavy atom. The van der Waals surface area contributed by atoms with Crippen molar-refractivity contribution < 1.29 is 14.3 Å². The molecule has 0 unspecified atom stereocenters. The monoisotopic (exact) mass is 365 g/mol. The Morgan fingerprint density at radius 2 is 1.75 bits per heavy atom. The van der Waals surface area contributed by atoms with Crippen LogP contribution in [0.25, 0.3) is 5.57 Å². The number of ether oxygens (including phenoxy) is 2. The Kier molecular flexibility index (Phi) is 6.12. The normalized spacial score (nSPS) is 11.1. The molecule has 2 rings (SSSR count). The van der Waals surface area contributed by atoms with Crippen LogP contribution < -0.4 is 14.8 Å². The maximum atomic E-state index is 12.3. The second-order valence-electron chi connectivity index (χ2n) is 4.98. The Balaban J connectivity index is 2.26. The van der Waals surface area contributed by atoms with Gasteiger partial charge in [-0.05, 0) is 36.8 Å². The molecule has 0 fully saturated rings. The summed E-state index contributed by atoms with van der Waals surface area (Å²) < 4.78 is 10.5. The quantitative estimate of drug-likeness (QED) is 0.753. The molecular formula is C18H17Cl2NO3. The van der Waals surface area contributed by atoms with Crippen molar-refractivity contribution in [1.29, 1.82) is 0 Å². The maximum absolute atomic E-state index is 12.3. The molecule has 2 aromatic rings. The van der Waals surface area contributed by atoms with E-state index < -0.39 is 0 Å². The molecule has 0 aliphatic heterocycles. The van der Waals surface area contributed by atoms with E-state index in [1.807, 2.05) is 13.0 Å². The summed E-state index contributed by atoms with van der Waals surface area (Å²) in [5, 5.41) is 3.45. The molecule has 0 saturated carbocycles. The van der Waals surface area contributed by atoms with Crippen LogP contribution in [0, 0.1) is 0 Å². The van der Waals surface area contributed by atoms with Gasteiger partial charge in [0.25, 0.3) is 0 Å². The van der Waals surface area contributed by atoms with Crippen molar-refractivity contribution in [3.05, 3.63) is 58.1 Å². The zero-order valence-electron chi connectivity index (χ0n) is 13.5. The first kappa shape index (κ1) is 18.2. The van der Waals surface area contributed by atoms with E-state index in [1.165, 1.54) is 6.08 Å². The number of anilines is 1. The van der Waals surface area contributed by atoms with Crippen LogP contribution in [0.4, 0.5) is 5.69 Å². The second kappa shape index (κ2) is 8.08. The molecule has 4 nitrogen and oxygen atoms in total. The van der Waals surface area contributed by atoms with Gasteiger partial charge in [0.2, 0.25) is 5.91 Å². The summed E-state index contributed by atoms with van der Waals surface area (Å²) in [6.07, 6.45) is 1.46. The first-order valence-electron chi connectivity index (χ1n) is 7.12. The largest absolute Gasteiger partial charge is 0.497 e. The fourth-order valence-electron chi connectivity index (χ4n) is 2.18. The summed E-state index contributed by atoms with van der Waals surface area (Å²) in [4.78, 5) is 12.3. The summed E-state index contributed by atoms with van der Waals surface area (Å²) in [5.74, 6) is 0.961. The SMILES string of the molecule is COc1ccc(/C(C)=C/C(=O)Nc2c(Cl)cccc2Cl)c(OC)c1. The highest BCUT2D eigenvalue weighted by atomic mass is 35.5. The van der Waals surface area contributed by atoms with Gasteiger partial charge in [0, 0.05) is 17.7 Å². The summed E-state index contributed by atoms with van der Waals surface area (Å²) in [6.45, 7) is 1.82. The fraction of sp³-hybridized carbons (Fsp3) is 0.167. The Hall–Kier alpha value is -2.17. The molecule has 1 amide bonds. The van der Waals surface area contributed by atoms with Crippen molar-refractivity contribution in [2.45, 2.75) is 6.92 Å². The van der Waals surface area contributed by atoms with Crippen LogP contribution in [-0.2, 0) is 4.79 Å². The van der Waals surface area contributed by atoms with Crippen molar-refractivity contribution in [2.24, 2.45) is 0 Å². The van der Waals surface area contributed by atoms with Gasteiger partial charge >= 0.3 is 0 Å². The number of carbonyl (C=O) groups is 1. The van der Waals surface area contributed by atoms with Crippen LogP contribution in [0.15, 0.2) is 42.5 Å². The number of halogens is 2. The molecule has 0 saturated heterocycles. The van der Waals surface area contributed by atoms with Gasteiger partial charge in [0.15, 0.2) is 0 Å². The minimum Gasteiger partial charge on any atom is -0.497 e. The van der Waals surface area contributed by atoms with E-state index in [4.69, 9.17) is 32.7 Å². The maximum Gasteiger partial charge on any atom is 0.248 e. The Labute approximate surface area is 151 Å². The van der Waals surface area contributed by atoms with E-state index in [1.54, 1.807) is 44.6 Å². The van der Waals surface area contributed by atoms with Gasteiger partial charge in [0.1, 0.15) is 11.5 Å². The number of methoxy groups -OCH3 is 2. The molecule has 24 heavy (non-hydrogen) atoms. The fourth-order valence-corrected chi connectivity index (χ4v) is 2.67. The van der Waals surface area contributed by atoms with Crippen molar-refractivity contribution in [2.75, 3.05) is 19.5 Å². The van der Waals surface area contributed by atoms with Crippen LogP contribution in [0.2, 0.25) is 10.0 Å². The summed E-state index contributed by atoms with van der Waals surface area (Å²) >= 11 is 12.1. The van der Waals surface area contributed by atoms with Crippen LogP contribution in [0.1, 0.15) is 12.5 Å². The van der Waals surface area contributed by atoms with Gasteiger partial charge in [-0.25, -0.2) is 0 Å². The molecule has 0 aliphatic rings. The molecule has 6 heteroatoms. The lowest BCUT2D eigenvalue weighted by Gasteiger charge is -2.11. The molecule has 0 heterocycles. The minimum atomic E-state index is -0.333. The highest BCUT2D eigenvalue weighted by molar-refractivity contribution is 6.39. The zero-order valence-corrected chi connectivity index (χ0v) is 15.0. The van der Waals surface area contributed by atoms with Gasteiger partial charge < -0.3 is 14.8 Å². The van der Waals surface area contributed by atoms with E-state index in [0.29, 0.717) is 27.2 Å². The third-order valence-corrected chi connectivity index (χ3v) is 4.02. The highest BCUT2D eigenvalue weighted by Crippen LogP contribution is 2.31. The van der Waals surface area contributed by atoms with Crippen LogP contribution in [-0.4, -0.2) is 20.1 Å². The number of benzene rings is 2. The molecule has 2 aromatic carbocycles. The third-order valence-electron chi connectivity index (χ3n) is 3.39. The predicted molar refractivity (Wildman–Crippen MR) is 98.3 cm³/mol. The van der Waals surface area contributed by atoms with Crippen molar-refractivity contribution in [3.63, 3.8) is 0 Å². The van der Waals surface area contributed by atoms with Crippen LogP contribution in [0.3, 0.4) is 0 Å². The Bertz CT molecular complexity index is 768. The average molecular weight is 366 g/mol. The molecule has 0 aliphatic carbocycles. The van der Waals surface area contributed by atoms with Gasteiger partial charge in [-0.1, -0.05) is 29.3 Å². The number of para-hydroxylation sites is 1. The predicted octanol–water partition coefficient (Wildman–Crippen LogP) is 5.05. The first-order chi connectivity index (χ1) is 11.5. The van der Waals surface area contributed by atoms with Gasteiger partial charge in [-0.3, -0.25) is 4.79 Å². The first-order valence-corrected chi connectivity index (χ1v) is 7.87. The third kappa shape index (κ3) is 4.22. The number of hydrogen-bond acceptors (Lipinski definition) is 3. The highest BCUT2D eigenvalue weighted by Gasteiger charge is 2.11. The van der Waals surface area contributed by atoms with Gasteiger partial charge in [0.05, 0.1) is 30.0 Å². The molecule has 1 N–H and O–H groups in total. The number of amides is 1. The molecular weight excluding hydrogens is 349 g/mol. The number of allylic oxidation sites excluding steroid dienone is 1. The van der Waals surface area contributed by atoms with E-state index in [2.05, 4.69) is 5.32 Å². The second-order valence-corrected chi connectivity index (χ2v) is 5.79. The molecule has 126 valence electrons. The zero-order chi connectivity index (χ0) is 17.7. The molecule has 0 bridgehead atoms. The lowest BCUT2D eigenvalue weighted by atomic mass is 10.1. The lowest BCUT2D eigenvalue weighted by Crippen LogP contribution is -2.09. The van der Waals surface area contributed by atoms with E-state index in [0.717, 1.165) is 11.1 Å². The average Bonchev–Trinajstić information content (AvgIpc) is 2.57. The smallest absolute Gasteiger partial charge is 0.248 e. The molecule has 0 atom stereocenters. The standard InChI is InChI=1S/C18H17Cl2NO3/c1-11(13-8-7-12(23-2)10-16(13)24-3)9-17(22)21-18-14(19)5-4-6-15(18)20/h4-10H,1-3H3,(H,21,22)/b11-9+.